The molecule has 1 aliphatic carbocycles. The largest absolute Gasteiger partial charge is 0.355 e. The Balaban J connectivity index is 2.26. The molecule has 0 heterocycles. The van der Waals surface area contributed by atoms with E-state index in [4.69, 9.17) is 5.73 Å². The lowest BCUT2D eigenvalue weighted by molar-refractivity contribution is -0.122. The van der Waals surface area contributed by atoms with Gasteiger partial charge in [0, 0.05) is 18.6 Å². The summed E-state index contributed by atoms with van der Waals surface area (Å²) >= 11 is 0. The Morgan fingerprint density at radius 3 is 2.79 bits per heavy atom. The Hall–Kier alpha value is -0.610. The maximum absolute atomic E-state index is 11.4. The van der Waals surface area contributed by atoms with E-state index in [2.05, 4.69) is 10.6 Å². The van der Waals surface area contributed by atoms with Crippen molar-refractivity contribution in [2.75, 3.05) is 6.54 Å². The average Bonchev–Trinajstić information content (AvgIpc) is 2.51. The third kappa shape index (κ3) is 3.27. The number of likely N-dealkylation sites (N-methyl/N-ethyl adjacent to an activating group) is 1. The number of rotatable bonds is 4. The molecule has 3 unspecified atom stereocenters. The lowest BCUT2D eigenvalue weighted by Gasteiger charge is -2.18. The highest BCUT2D eigenvalue weighted by atomic mass is 16.2. The minimum atomic E-state index is -0.106. The quantitative estimate of drug-likeness (QED) is 0.596. The van der Waals surface area contributed by atoms with Crippen molar-refractivity contribution in [3.8, 4) is 0 Å². The van der Waals surface area contributed by atoms with Crippen molar-refractivity contribution in [1.29, 1.82) is 0 Å². The Kier molecular flexibility index (Phi) is 4.35. The summed E-state index contributed by atoms with van der Waals surface area (Å²) in [6.07, 6.45) is 3.15. The van der Waals surface area contributed by atoms with Crippen LogP contribution in [-0.2, 0) is 4.79 Å². The third-order valence-corrected chi connectivity index (χ3v) is 2.70. The van der Waals surface area contributed by atoms with Crippen molar-refractivity contribution in [3.63, 3.8) is 0 Å². The second-order valence-electron chi connectivity index (χ2n) is 4.05. The van der Waals surface area contributed by atoms with Crippen molar-refractivity contribution in [2.45, 2.75) is 51.2 Å². The van der Waals surface area contributed by atoms with Crippen LogP contribution in [-0.4, -0.2) is 30.6 Å². The minimum absolute atomic E-state index is 0.0768. The number of carbonyl (C=O) groups excluding carboxylic acids is 1. The topological polar surface area (TPSA) is 67.2 Å². The molecule has 1 fully saturated rings. The van der Waals surface area contributed by atoms with E-state index in [1.807, 2.05) is 13.8 Å². The van der Waals surface area contributed by atoms with Gasteiger partial charge in [-0.2, -0.15) is 0 Å². The molecule has 0 aliphatic heterocycles. The van der Waals surface area contributed by atoms with Gasteiger partial charge in [0.1, 0.15) is 0 Å². The molecule has 0 spiro atoms. The van der Waals surface area contributed by atoms with Gasteiger partial charge in [-0.25, -0.2) is 0 Å². The molecular formula is C10H21N3O. The molecule has 1 saturated carbocycles. The first kappa shape index (κ1) is 11.5. The van der Waals surface area contributed by atoms with Crippen LogP contribution in [0.15, 0.2) is 0 Å². The Morgan fingerprint density at radius 1 is 1.57 bits per heavy atom. The van der Waals surface area contributed by atoms with Crippen molar-refractivity contribution >= 4 is 5.91 Å². The molecule has 14 heavy (non-hydrogen) atoms. The van der Waals surface area contributed by atoms with E-state index in [-0.39, 0.29) is 11.9 Å². The van der Waals surface area contributed by atoms with Crippen LogP contribution in [0, 0.1) is 0 Å². The summed E-state index contributed by atoms with van der Waals surface area (Å²) in [6, 6.07) is 0.627. The zero-order valence-corrected chi connectivity index (χ0v) is 9.05. The highest BCUT2D eigenvalue weighted by molar-refractivity contribution is 5.81. The molecule has 0 saturated heterocycles. The molecule has 0 bridgehead atoms. The van der Waals surface area contributed by atoms with E-state index in [1.54, 1.807) is 0 Å². The SMILES string of the molecule is CCNC(=O)C(C)NC1CCC(N)C1. The summed E-state index contributed by atoms with van der Waals surface area (Å²) in [6.45, 7) is 4.51. The van der Waals surface area contributed by atoms with Gasteiger partial charge in [-0.1, -0.05) is 0 Å². The molecule has 0 aromatic heterocycles. The summed E-state index contributed by atoms with van der Waals surface area (Å²) < 4.78 is 0. The lowest BCUT2D eigenvalue weighted by Crippen LogP contribution is -2.46. The molecule has 0 aromatic rings. The highest BCUT2D eigenvalue weighted by Gasteiger charge is 2.24. The predicted octanol–water partition coefficient (Wildman–Crippen LogP) is -0.0196. The van der Waals surface area contributed by atoms with Crippen molar-refractivity contribution in [1.82, 2.24) is 10.6 Å². The van der Waals surface area contributed by atoms with E-state index in [1.165, 1.54) is 0 Å². The average molecular weight is 199 g/mol. The smallest absolute Gasteiger partial charge is 0.236 e. The third-order valence-electron chi connectivity index (χ3n) is 2.70. The van der Waals surface area contributed by atoms with E-state index in [0.29, 0.717) is 18.6 Å². The lowest BCUT2D eigenvalue weighted by atomic mass is 10.2. The standard InChI is InChI=1S/C10H21N3O/c1-3-12-10(14)7(2)13-9-5-4-8(11)6-9/h7-9,13H,3-6,11H2,1-2H3,(H,12,14). The van der Waals surface area contributed by atoms with Crippen LogP contribution in [0.1, 0.15) is 33.1 Å². The van der Waals surface area contributed by atoms with E-state index in [0.717, 1.165) is 19.3 Å². The fourth-order valence-corrected chi connectivity index (χ4v) is 1.92. The zero-order valence-electron chi connectivity index (χ0n) is 9.05. The van der Waals surface area contributed by atoms with Gasteiger partial charge < -0.3 is 16.4 Å². The normalized spacial score (nSPS) is 28.8. The Labute approximate surface area is 85.6 Å². The molecule has 1 aliphatic rings. The molecule has 4 N–H and O–H groups in total. The first-order valence-electron chi connectivity index (χ1n) is 5.42. The molecule has 3 atom stereocenters. The van der Waals surface area contributed by atoms with Crippen molar-refractivity contribution in [2.24, 2.45) is 5.73 Å². The Bertz CT molecular complexity index is 196. The number of carbonyl (C=O) groups is 1. The first-order chi connectivity index (χ1) is 6.63. The van der Waals surface area contributed by atoms with Gasteiger partial charge in [0.05, 0.1) is 6.04 Å². The highest BCUT2D eigenvalue weighted by Crippen LogP contribution is 2.17. The summed E-state index contributed by atoms with van der Waals surface area (Å²) in [7, 11) is 0. The first-order valence-corrected chi connectivity index (χ1v) is 5.42. The molecule has 0 radical (unpaired) electrons. The second kappa shape index (κ2) is 5.32. The van der Waals surface area contributed by atoms with Crippen LogP contribution in [0.4, 0.5) is 0 Å². The maximum atomic E-state index is 11.4. The molecular weight excluding hydrogens is 178 g/mol. The predicted molar refractivity (Wildman–Crippen MR) is 56.9 cm³/mol. The second-order valence-corrected chi connectivity index (χ2v) is 4.05. The molecule has 4 nitrogen and oxygen atoms in total. The number of nitrogens with two attached hydrogens (primary N) is 1. The number of hydrogen-bond donors (Lipinski definition) is 3. The van der Waals surface area contributed by atoms with E-state index in [9.17, 15) is 4.79 Å². The summed E-state index contributed by atoms with van der Waals surface area (Å²) in [5.41, 5.74) is 5.80. The molecule has 1 amide bonds. The van der Waals surface area contributed by atoms with Gasteiger partial charge in [-0.05, 0) is 33.1 Å². The van der Waals surface area contributed by atoms with Gasteiger partial charge in [-0.15, -0.1) is 0 Å². The molecule has 1 rings (SSSR count). The monoisotopic (exact) mass is 199 g/mol. The van der Waals surface area contributed by atoms with E-state index >= 15 is 0 Å². The van der Waals surface area contributed by atoms with Crippen LogP contribution in [0.5, 0.6) is 0 Å². The minimum Gasteiger partial charge on any atom is -0.355 e. The van der Waals surface area contributed by atoms with Gasteiger partial charge in [0.25, 0.3) is 0 Å². The Morgan fingerprint density at radius 2 is 2.29 bits per heavy atom. The molecule has 4 heteroatoms. The van der Waals surface area contributed by atoms with Gasteiger partial charge in [0.15, 0.2) is 0 Å². The van der Waals surface area contributed by atoms with Crippen LogP contribution in [0.2, 0.25) is 0 Å². The van der Waals surface area contributed by atoms with Gasteiger partial charge >= 0.3 is 0 Å². The molecule has 0 aromatic carbocycles. The number of nitrogens with one attached hydrogen (secondary N) is 2. The van der Waals surface area contributed by atoms with E-state index < -0.39 is 0 Å². The van der Waals surface area contributed by atoms with Crippen LogP contribution in [0.3, 0.4) is 0 Å². The van der Waals surface area contributed by atoms with Crippen LogP contribution >= 0.6 is 0 Å². The van der Waals surface area contributed by atoms with Crippen LogP contribution < -0.4 is 16.4 Å². The number of hydrogen-bond acceptors (Lipinski definition) is 3. The summed E-state index contributed by atoms with van der Waals surface area (Å²) in [5, 5.41) is 6.10. The van der Waals surface area contributed by atoms with Crippen LogP contribution in [0.25, 0.3) is 0 Å². The van der Waals surface area contributed by atoms with Crippen molar-refractivity contribution < 1.29 is 4.79 Å². The number of amides is 1. The zero-order chi connectivity index (χ0) is 10.6. The summed E-state index contributed by atoms with van der Waals surface area (Å²) in [5.74, 6) is 0.0768. The van der Waals surface area contributed by atoms with Gasteiger partial charge in [-0.3, -0.25) is 4.79 Å². The maximum Gasteiger partial charge on any atom is 0.236 e. The molecule has 82 valence electrons. The fourth-order valence-electron chi connectivity index (χ4n) is 1.92. The van der Waals surface area contributed by atoms with Crippen molar-refractivity contribution in [3.05, 3.63) is 0 Å². The fraction of sp³-hybridized carbons (Fsp3) is 0.900. The summed E-state index contributed by atoms with van der Waals surface area (Å²) in [4.78, 5) is 11.4. The van der Waals surface area contributed by atoms with Gasteiger partial charge in [0.2, 0.25) is 5.91 Å².